The molecular formula is C12H20N4O3S. The second kappa shape index (κ2) is 7.81. The molecule has 3 N–H and O–H groups in total. The molecule has 1 aromatic rings. The minimum atomic E-state index is -3.16. The Hall–Kier alpha value is -1.67. The molecular weight excluding hydrogens is 280 g/mol. The summed E-state index contributed by atoms with van der Waals surface area (Å²) in [5.41, 5.74) is 0.967. The summed E-state index contributed by atoms with van der Waals surface area (Å²) in [6, 6.07) is 3.27. The van der Waals surface area contributed by atoms with Gasteiger partial charge in [0.25, 0.3) is 0 Å². The van der Waals surface area contributed by atoms with E-state index < -0.39 is 10.0 Å². The molecule has 1 rings (SSSR count). The van der Waals surface area contributed by atoms with Crippen molar-refractivity contribution in [3.63, 3.8) is 0 Å². The molecule has 7 nitrogen and oxygen atoms in total. The fraction of sp³-hybridized carbons (Fsp3) is 0.500. The molecule has 1 atom stereocenters. The lowest BCUT2D eigenvalue weighted by molar-refractivity contribution is 0.238. The van der Waals surface area contributed by atoms with Gasteiger partial charge in [-0.3, -0.25) is 4.98 Å². The maximum atomic E-state index is 11.6. The number of carbonyl (C=O) groups excluding carboxylic acids is 1. The van der Waals surface area contributed by atoms with Crippen LogP contribution in [0.25, 0.3) is 0 Å². The molecule has 1 aromatic heterocycles. The summed E-state index contributed by atoms with van der Waals surface area (Å²) < 4.78 is 24.0. The van der Waals surface area contributed by atoms with Gasteiger partial charge in [0.15, 0.2) is 0 Å². The lowest BCUT2D eigenvalue weighted by Crippen LogP contribution is -2.38. The number of urea groups is 1. The van der Waals surface area contributed by atoms with Crippen molar-refractivity contribution < 1.29 is 13.2 Å². The number of pyridine rings is 1. The molecule has 0 radical (unpaired) electrons. The van der Waals surface area contributed by atoms with Crippen LogP contribution in [0.5, 0.6) is 0 Å². The third-order valence-corrected chi connectivity index (χ3v) is 3.29. The molecule has 0 aromatic carbocycles. The average Bonchev–Trinajstić information content (AvgIpc) is 2.38. The maximum absolute atomic E-state index is 11.6. The Balaban J connectivity index is 2.21. The molecule has 0 unspecified atom stereocenters. The summed E-state index contributed by atoms with van der Waals surface area (Å²) >= 11 is 0. The van der Waals surface area contributed by atoms with Crippen molar-refractivity contribution in [3.8, 4) is 0 Å². The first-order valence-electron chi connectivity index (χ1n) is 6.27. The third-order valence-electron chi connectivity index (χ3n) is 2.56. The van der Waals surface area contributed by atoms with Crippen LogP contribution in [-0.4, -0.2) is 38.8 Å². The Morgan fingerprint density at radius 3 is 2.55 bits per heavy atom. The highest BCUT2D eigenvalue weighted by atomic mass is 32.2. The molecule has 1 heterocycles. The SMILES string of the molecule is C[C@H](NC(=O)NCCCNS(C)(=O)=O)c1ccncc1. The number of amides is 2. The van der Waals surface area contributed by atoms with Gasteiger partial charge in [0.1, 0.15) is 0 Å². The number of nitrogens with zero attached hydrogens (tertiary/aromatic N) is 1. The Morgan fingerprint density at radius 2 is 1.95 bits per heavy atom. The van der Waals surface area contributed by atoms with Crippen LogP contribution in [0.3, 0.4) is 0 Å². The summed E-state index contributed by atoms with van der Waals surface area (Å²) in [6.45, 7) is 2.58. The van der Waals surface area contributed by atoms with E-state index in [9.17, 15) is 13.2 Å². The highest BCUT2D eigenvalue weighted by Gasteiger charge is 2.08. The van der Waals surface area contributed by atoms with Crippen LogP contribution in [0, 0.1) is 0 Å². The first kappa shape index (κ1) is 16.4. The zero-order valence-corrected chi connectivity index (χ0v) is 12.4. The van der Waals surface area contributed by atoms with Crippen molar-refractivity contribution in [2.24, 2.45) is 0 Å². The van der Waals surface area contributed by atoms with Crippen molar-refractivity contribution in [2.45, 2.75) is 19.4 Å². The largest absolute Gasteiger partial charge is 0.338 e. The second-order valence-corrected chi connectivity index (χ2v) is 6.26. The van der Waals surface area contributed by atoms with Gasteiger partial charge in [-0.2, -0.15) is 0 Å². The molecule has 0 saturated heterocycles. The van der Waals surface area contributed by atoms with E-state index in [1.807, 2.05) is 19.1 Å². The Morgan fingerprint density at radius 1 is 1.30 bits per heavy atom. The predicted octanol–water partition coefficient (Wildman–Crippen LogP) is 0.381. The maximum Gasteiger partial charge on any atom is 0.315 e. The molecule has 0 aliphatic carbocycles. The van der Waals surface area contributed by atoms with Crippen LogP contribution in [0.4, 0.5) is 4.79 Å². The van der Waals surface area contributed by atoms with Crippen LogP contribution < -0.4 is 15.4 Å². The van der Waals surface area contributed by atoms with Gasteiger partial charge in [-0.05, 0) is 31.0 Å². The smallest absolute Gasteiger partial charge is 0.315 e. The van der Waals surface area contributed by atoms with Crippen LogP contribution in [-0.2, 0) is 10.0 Å². The molecule has 0 saturated carbocycles. The third kappa shape index (κ3) is 7.05. The highest BCUT2D eigenvalue weighted by Crippen LogP contribution is 2.09. The van der Waals surface area contributed by atoms with Gasteiger partial charge in [0.2, 0.25) is 10.0 Å². The van der Waals surface area contributed by atoms with Gasteiger partial charge < -0.3 is 10.6 Å². The van der Waals surface area contributed by atoms with E-state index in [0.717, 1.165) is 11.8 Å². The normalized spacial score (nSPS) is 12.7. The number of aromatic nitrogens is 1. The summed E-state index contributed by atoms with van der Waals surface area (Å²) in [5.74, 6) is 0. The lowest BCUT2D eigenvalue weighted by Gasteiger charge is -2.14. The molecule has 20 heavy (non-hydrogen) atoms. The number of hydrogen-bond acceptors (Lipinski definition) is 4. The van der Waals surface area contributed by atoms with Crippen molar-refractivity contribution in [2.75, 3.05) is 19.3 Å². The average molecular weight is 300 g/mol. The van der Waals surface area contributed by atoms with E-state index in [4.69, 9.17) is 0 Å². The van der Waals surface area contributed by atoms with Gasteiger partial charge in [-0.1, -0.05) is 0 Å². The fourth-order valence-electron chi connectivity index (χ4n) is 1.53. The van der Waals surface area contributed by atoms with Gasteiger partial charge in [0, 0.05) is 25.5 Å². The molecule has 0 aliphatic heterocycles. The summed E-state index contributed by atoms with van der Waals surface area (Å²) in [5, 5.41) is 5.46. The fourth-order valence-corrected chi connectivity index (χ4v) is 2.05. The van der Waals surface area contributed by atoms with Gasteiger partial charge in [-0.15, -0.1) is 0 Å². The molecule has 2 amide bonds. The number of nitrogens with one attached hydrogen (secondary N) is 3. The van der Waals surface area contributed by atoms with Gasteiger partial charge in [0.05, 0.1) is 12.3 Å². The molecule has 0 bridgehead atoms. The van der Waals surface area contributed by atoms with Crippen LogP contribution in [0.2, 0.25) is 0 Å². The highest BCUT2D eigenvalue weighted by molar-refractivity contribution is 7.88. The zero-order valence-electron chi connectivity index (χ0n) is 11.6. The number of sulfonamides is 1. The molecule has 0 aliphatic rings. The Labute approximate surface area is 119 Å². The van der Waals surface area contributed by atoms with E-state index >= 15 is 0 Å². The van der Waals surface area contributed by atoms with Crippen molar-refractivity contribution in [3.05, 3.63) is 30.1 Å². The van der Waals surface area contributed by atoms with Crippen molar-refractivity contribution >= 4 is 16.1 Å². The van der Waals surface area contributed by atoms with E-state index in [-0.39, 0.29) is 12.1 Å². The quantitative estimate of drug-likeness (QED) is 0.634. The van der Waals surface area contributed by atoms with E-state index in [0.29, 0.717) is 19.5 Å². The van der Waals surface area contributed by atoms with Gasteiger partial charge >= 0.3 is 6.03 Å². The summed E-state index contributed by atoms with van der Waals surface area (Å²) in [4.78, 5) is 15.5. The Bertz CT molecular complexity index is 519. The molecule has 112 valence electrons. The Kier molecular flexibility index (Phi) is 6.40. The molecule has 0 fully saturated rings. The van der Waals surface area contributed by atoms with E-state index in [1.54, 1.807) is 12.4 Å². The number of rotatable bonds is 7. The van der Waals surface area contributed by atoms with Gasteiger partial charge in [-0.25, -0.2) is 17.9 Å². The monoisotopic (exact) mass is 300 g/mol. The van der Waals surface area contributed by atoms with E-state index in [1.165, 1.54) is 0 Å². The minimum absolute atomic E-state index is 0.118. The van der Waals surface area contributed by atoms with Crippen LogP contribution in [0.1, 0.15) is 24.9 Å². The minimum Gasteiger partial charge on any atom is -0.338 e. The number of carbonyl (C=O) groups is 1. The second-order valence-electron chi connectivity index (χ2n) is 4.42. The first-order valence-corrected chi connectivity index (χ1v) is 8.16. The molecule has 8 heteroatoms. The first-order chi connectivity index (χ1) is 9.38. The predicted molar refractivity (Wildman–Crippen MR) is 76.6 cm³/mol. The van der Waals surface area contributed by atoms with E-state index in [2.05, 4.69) is 20.3 Å². The van der Waals surface area contributed by atoms with Crippen molar-refractivity contribution in [1.82, 2.24) is 20.3 Å². The number of hydrogen-bond donors (Lipinski definition) is 3. The summed E-state index contributed by atoms with van der Waals surface area (Å²) in [6.07, 6.45) is 4.97. The van der Waals surface area contributed by atoms with Crippen LogP contribution >= 0.6 is 0 Å². The topological polar surface area (TPSA) is 100 Å². The lowest BCUT2D eigenvalue weighted by atomic mass is 10.1. The zero-order chi connectivity index (χ0) is 15.0. The van der Waals surface area contributed by atoms with Crippen LogP contribution in [0.15, 0.2) is 24.5 Å². The summed E-state index contributed by atoms with van der Waals surface area (Å²) in [7, 11) is -3.16. The standard InChI is InChI=1S/C12H20N4O3S/c1-10(11-4-8-13-9-5-11)16-12(17)14-6-3-7-15-20(2,18)19/h4-5,8-10,15H,3,6-7H2,1-2H3,(H2,14,16,17)/t10-/m0/s1. The van der Waals surface area contributed by atoms with Crippen molar-refractivity contribution in [1.29, 1.82) is 0 Å². The molecule has 0 spiro atoms.